The Morgan fingerprint density at radius 1 is 1.03 bits per heavy atom. The van der Waals surface area contributed by atoms with E-state index >= 15 is 0 Å². The fourth-order valence-corrected chi connectivity index (χ4v) is 5.88. The lowest BCUT2D eigenvalue weighted by Gasteiger charge is -2.53. The molecule has 0 aliphatic carbocycles. The number of piperazine rings is 1. The lowest BCUT2D eigenvalue weighted by atomic mass is 9.76. The van der Waals surface area contributed by atoms with E-state index in [-0.39, 0.29) is 11.9 Å². The predicted molar refractivity (Wildman–Crippen MR) is 116 cm³/mol. The third kappa shape index (κ3) is 3.89. The van der Waals surface area contributed by atoms with Gasteiger partial charge in [0.05, 0.1) is 12.7 Å². The lowest BCUT2D eigenvalue weighted by Crippen LogP contribution is -2.63. The average molecular weight is 442 g/mol. The van der Waals surface area contributed by atoms with Crippen molar-refractivity contribution in [1.29, 1.82) is 0 Å². The highest BCUT2D eigenvalue weighted by atomic mass is 16.5. The van der Waals surface area contributed by atoms with E-state index in [2.05, 4.69) is 9.88 Å². The second-order valence-electron chi connectivity index (χ2n) is 9.42. The van der Waals surface area contributed by atoms with Gasteiger partial charge in [-0.2, -0.15) is 0 Å². The normalized spacial score (nSPS) is 27.8. The van der Waals surface area contributed by atoms with Crippen LogP contribution in [0.5, 0.6) is 5.88 Å². The summed E-state index contributed by atoms with van der Waals surface area (Å²) in [6.45, 7) is 4.36. The molecule has 172 valence electrons. The molecule has 0 aromatic carbocycles. The molecular formula is C23H31N5O4. The number of carbonyl (C=O) groups is 3. The standard InChI is InChI=1S/C23H31N5O4/c1-32-20-6-5-17(12-24-20)22(30)25-7-9-26(10-8-25)23(31)27-13-16-11-18(15-27)19-3-2-4-21(29)28(19)14-16/h5-6,12,16,18-19H,2-4,7-11,13-15H2,1H3/t16-,18-,19-/m1/s1. The number of rotatable bonds is 2. The number of fused-ring (bicyclic) bond motifs is 4. The van der Waals surface area contributed by atoms with Crippen LogP contribution in [0.25, 0.3) is 0 Å². The number of likely N-dealkylation sites (tertiary alicyclic amines) is 1. The number of pyridine rings is 1. The minimum atomic E-state index is -0.0678. The zero-order chi connectivity index (χ0) is 22.2. The minimum Gasteiger partial charge on any atom is -0.481 e. The van der Waals surface area contributed by atoms with E-state index in [1.165, 1.54) is 6.20 Å². The fraction of sp³-hybridized carbons (Fsp3) is 0.652. The van der Waals surface area contributed by atoms with Gasteiger partial charge in [-0.25, -0.2) is 9.78 Å². The number of amides is 4. The average Bonchev–Trinajstić information content (AvgIpc) is 2.84. The van der Waals surface area contributed by atoms with Gasteiger partial charge in [0.2, 0.25) is 11.8 Å². The van der Waals surface area contributed by atoms with Crippen LogP contribution in [0.2, 0.25) is 0 Å². The molecule has 9 heteroatoms. The van der Waals surface area contributed by atoms with Crippen molar-refractivity contribution in [3.63, 3.8) is 0 Å². The van der Waals surface area contributed by atoms with E-state index in [0.29, 0.717) is 67.8 Å². The zero-order valence-corrected chi connectivity index (χ0v) is 18.6. The Balaban J connectivity index is 1.17. The van der Waals surface area contributed by atoms with Crippen LogP contribution in [0.1, 0.15) is 36.0 Å². The van der Waals surface area contributed by atoms with Crippen LogP contribution in [0.3, 0.4) is 0 Å². The Labute approximate surface area is 188 Å². The van der Waals surface area contributed by atoms with E-state index in [4.69, 9.17) is 4.74 Å². The zero-order valence-electron chi connectivity index (χ0n) is 18.6. The van der Waals surface area contributed by atoms with Crippen LogP contribution in [-0.4, -0.2) is 101 Å². The summed E-state index contributed by atoms with van der Waals surface area (Å²) in [5, 5.41) is 0. The molecule has 9 nitrogen and oxygen atoms in total. The quantitative estimate of drug-likeness (QED) is 0.691. The molecule has 2 bridgehead atoms. The third-order valence-electron chi connectivity index (χ3n) is 7.48. The molecule has 4 saturated heterocycles. The van der Waals surface area contributed by atoms with Crippen molar-refractivity contribution in [3.8, 4) is 5.88 Å². The maximum atomic E-state index is 13.3. The first-order valence-corrected chi connectivity index (χ1v) is 11.7. The van der Waals surface area contributed by atoms with Gasteiger partial charge in [0, 0.05) is 70.5 Å². The molecule has 4 fully saturated rings. The van der Waals surface area contributed by atoms with E-state index < -0.39 is 0 Å². The summed E-state index contributed by atoms with van der Waals surface area (Å²) in [4.78, 5) is 50.2. The van der Waals surface area contributed by atoms with Gasteiger partial charge in [-0.15, -0.1) is 0 Å². The van der Waals surface area contributed by atoms with Gasteiger partial charge in [-0.05, 0) is 37.2 Å². The van der Waals surface area contributed by atoms with Crippen LogP contribution in [0.4, 0.5) is 4.79 Å². The van der Waals surface area contributed by atoms with Crippen molar-refractivity contribution in [3.05, 3.63) is 23.9 Å². The molecule has 0 radical (unpaired) electrons. The number of piperidine rings is 3. The largest absolute Gasteiger partial charge is 0.481 e. The molecular weight excluding hydrogens is 410 g/mol. The smallest absolute Gasteiger partial charge is 0.320 e. The van der Waals surface area contributed by atoms with Crippen molar-refractivity contribution < 1.29 is 19.1 Å². The monoisotopic (exact) mass is 441 g/mol. The van der Waals surface area contributed by atoms with Crippen LogP contribution in [0, 0.1) is 11.8 Å². The van der Waals surface area contributed by atoms with Gasteiger partial charge < -0.3 is 24.3 Å². The second kappa shape index (κ2) is 8.60. The second-order valence-corrected chi connectivity index (χ2v) is 9.42. The summed E-state index contributed by atoms with van der Waals surface area (Å²) >= 11 is 0. The minimum absolute atomic E-state index is 0.0678. The summed E-state index contributed by atoms with van der Waals surface area (Å²) < 4.78 is 5.05. The topological polar surface area (TPSA) is 86.3 Å². The van der Waals surface area contributed by atoms with E-state index in [1.807, 2.05) is 9.80 Å². The van der Waals surface area contributed by atoms with Crippen LogP contribution in [0.15, 0.2) is 18.3 Å². The lowest BCUT2D eigenvalue weighted by molar-refractivity contribution is -0.144. The Hall–Kier alpha value is -2.84. The highest BCUT2D eigenvalue weighted by Gasteiger charge is 2.45. The van der Waals surface area contributed by atoms with Gasteiger partial charge in [0.1, 0.15) is 0 Å². The molecule has 0 N–H and O–H groups in total. The van der Waals surface area contributed by atoms with Crippen LogP contribution >= 0.6 is 0 Å². The SMILES string of the molecule is COc1ccc(C(=O)N2CCN(C(=O)N3C[C@H]4C[C@H](C3)[C@H]3CCCC(=O)N3C4)CC2)cn1. The maximum Gasteiger partial charge on any atom is 0.320 e. The van der Waals surface area contributed by atoms with Crippen LogP contribution < -0.4 is 4.74 Å². The van der Waals surface area contributed by atoms with Crippen molar-refractivity contribution in [1.82, 2.24) is 24.6 Å². The molecule has 4 aliphatic heterocycles. The molecule has 0 saturated carbocycles. The molecule has 4 aliphatic rings. The van der Waals surface area contributed by atoms with E-state index in [0.717, 1.165) is 38.9 Å². The Morgan fingerprint density at radius 2 is 1.81 bits per heavy atom. The number of urea groups is 1. The predicted octanol–water partition coefficient (Wildman–Crippen LogP) is 1.30. The highest BCUT2D eigenvalue weighted by molar-refractivity contribution is 5.94. The van der Waals surface area contributed by atoms with E-state index in [1.54, 1.807) is 24.1 Å². The summed E-state index contributed by atoms with van der Waals surface area (Å²) in [5.41, 5.74) is 0.529. The maximum absolute atomic E-state index is 13.3. The number of hydrogen-bond acceptors (Lipinski definition) is 5. The molecule has 5 heterocycles. The molecule has 5 rings (SSSR count). The van der Waals surface area contributed by atoms with Crippen molar-refractivity contribution in [2.24, 2.45) is 11.8 Å². The van der Waals surface area contributed by atoms with Gasteiger partial charge >= 0.3 is 6.03 Å². The third-order valence-corrected chi connectivity index (χ3v) is 7.48. The number of ether oxygens (including phenoxy) is 1. The first kappa shape index (κ1) is 21.0. The summed E-state index contributed by atoms with van der Waals surface area (Å²) in [7, 11) is 1.54. The molecule has 1 aromatic heterocycles. The number of nitrogens with zero attached hydrogens (tertiary/aromatic N) is 5. The molecule has 3 atom stereocenters. The van der Waals surface area contributed by atoms with Crippen molar-refractivity contribution in [2.45, 2.75) is 31.7 Å². The number of carbonyl (C=O) groups excluding carboxylic acids is 3. The fourth-order valence-electron chi connectivity index (χ4n) is 5.88. The van der Waals surface area contributed by atoms with Crippen molar-refractivity contribution in [2.75, 3.05) is 52.9 Å². The van der Waals surface area contributed by atoms with Crippen LogP contribution in [-0.2, 0) is 4.79 Å². The Bertz CT molecular complexity index is 883. The number of methoxy groups -OCH3 is 1. The Kier molecular flexibility index (Phi) is 5.65. The Morgan fingerprint density at radius 3 is 2.53 bits per heavy atom. The van der Waals surface area contributed by atoms with E-state index in [9.17, 15) is 14.4 Å². The molecule has 4 amide bonds. The first-order valence-electron chi connectivity index (χ1n) is 11.7. The molecule has 0 spiro atoms. The van der Waals surface area contributed by atoms with Crippen molar-refractivity contribution >= 4 is 17.8 Å². The van der Waals surface area contributed by atoms with Gasteiger partial charge in [-0.3, -0.25) is 9.59 Å². The van der Waals surface area contributed by atoms with Gasteiger partial charge in [0.15, 0.2) is 0 Å². The number of aromatic nitrogens is 1. The number of hydrogen-bond donors (Lipinski definition) is 0. The molecule has 1 aromatic rings. The van der Waals surface area contributed by atoms with Gasteiger partial charge in [-0.1, -0.05) is 0 Å². The highest BCUT2D eigenvalue weighted by Crippen LogP contribution is 2.38. The molecule has 32 heavy (non-hydrogen) atoms. The first-order chi connectivity index (χ1) is 15.5. The van der Waals surface area contributed by atoms with Gasteiger partial charge in [0.25, 0.3) is 5.91 Å². The summed E-state index contributed by atoms with van der Waals surface area (Å²) in [6, 6.07) is 3.78. The summed E-state index contributed by atoms with van der Waals surface area (Å²) in [5.74, 6) is 1.47. The summed E-state index contributed by atoms with van der Waals surface area (Å²) in [6.07, 6.45) is 5.36. The molecule has 0 unspecified atom stereocenters.